The first-order valence-electron chi connectivity index (χ1n) is 6.54. The van der Waals surface area contributed by atoms with Crippen molar-refractivity contribution in [3.63, 3.8) is 0 Å². The second-order valence-electron chi connectivity index (χ2n) is 5.35. The first kappa shape index (κ1) is 13.1. The lowest BCUT2D eigenvalue weighted by molar-refractivity contribution is 0.158. The van der Waals surface area contributed by atoms with Gasteiger partial charge in [-0.25, -0.2) is 9.59 Å². The summed E-state index contributed by atoms with van der Waals surface area (Å²) < 4.78 is 10.0. The van der Waals surface area contributed by atoms with Crippen LogP contribution >= 0.6 is 0 Å². The van der Waals surface area contributed by atoms with Crippen LogP contribution in [0.3, 0.4) is 0 Å². The average Bonchev–Trinajstić information content (AvgIpc) is 2.43. The first-order chi connectivity index (χ1) is 10.4. The molecule has 2 unspecified atom stereocenters. The van der Waals surface area contributed by atoms with Crippen molar-refractivity contribution in [3.05, 3.63) is 42.8 Å². The minimum absolute atomic E-state index is 0.0117. The summed E-state index contributed by atoms with van der Waals surface area (Å²) in [5, 5.41) is 39.8. The molecule has 0 saturated carbocycles. The molecule has 0 amide bonds. The zero-order valence-electron chi connectivity index (χ0n) is 11.0. The number of aliphatic hydroxyl groups is 4. The van der Waals surface area contributed by atoms with Crippen LogP contribution in [0.4, 0.5) is 0 Å². The van der Waals surface area contributed by atoms with Crippen molar-refractivity contribution in [1.82, 2.24) is 0 Å². The molecular formula is C14H10O8. The molecule has 8 heteroatoms. The van der Waals surface area contributed by atoms with Crippen molar-refractivity contribution in [3.8, 4) is 0 Å². The largest absolute Gasteiger partial charge is 0.508 e. The van der Waals surface area contributed by atoms with E-state index in [-0.39, 0.29) is 57.1 Å². The Morgan fingerprint density at radius 3 is 1.50 bits per heavy atom. The van der Waals surface area contributed by atoms with Gasteiger partial charge in [-0.1, -0.05) is 0 Å². The molecule has 0 spiro atoms. The van der Waals surface area contributed by atoms with Gasteiger partial charge >= 0.3 is 11.3 Å². The van der Waals surface area contributed by atoms with Gasteiger partial charge in [0.1, 0.15) is 11.5 Å². The molecule has 4 N–H and O–H groups in total. The van der Waals surface area contributed by atoms with E-state index in [2.05, 4.69) is 0 Å². The number of rotatable bonds is 0. The van der Waals surface area contributed by atoms with Crippen LogP contribution in [0.2, 0.25) is 0 Å². The lowest BCUT2D eigenvalue weighted by atomic mass is 9.90. The maximum atomic E-state index is 12.1. The third kappa shape index (κ3) is 1.42. The Morgan fingerprint density at radius 2 is 1.14 bits per heavy atom. The molecule has 0 fully saturated rings. The molecule has 0 aromatic carbocycles. The molecule has 4 rings (SSSR count). The molecule has 8 nitrogen and oxygen atoms in total. The van der Waals surface area contributed by atoms with Crippen LogP contribution in [0.5, 0.6) is 0 Å². The van der Waals surface area contributed by atoms with Crippen molar-refractivity contribution < 1.29 is 29.3 Å². The summed E-state index contributed by atoms with van der Waals surface area (Å²) in [4.78, 5) is 24.1. The summed E-state index contributed by atoms with van der Waals surface area (Å²) >= 11 is 0. The Morgan fingerprint density at radius 1 is 0.773 bits per heavy atom. The minimum Gasteiger partial charge on any atom is -0.508 e. The summed E-state index contributed by atoms with van der Waals surface area (Å²) in [6, 6.07) is 0. The second-order valence-corrected chi connectivity index (χ2v) is 5.35. The Bertz CT molecular complexity index is 984. The molecular weight excluding hydrogens is 296 g/mol. The topological polar surface area (TPSA) is 141 Å². The zero-order chi connectivity index (χ0) is 15.8. The molecule has 22 heavy (non-hydrogen) atoms. The molecule has 0 saturated heterocycles. The van der Waals surface area contributed by atoms with Gasteiger partial charge in [0, 0.05) is 23.6 Å². The van der Waals surface area contributed by atoms with Gasteiger partial charge in [-0.2, -0.15) is 0 Å². The van der Waals surface area contributed by atoms with E-state index in [1.54, 1.807) is 0 Å². The van der Waals surface area contributed by atoms with Crippen molar-refractivity contribution in [2.75, 3.05) is 0 Å². The highest BCUT2D eigenvalue weighted by atomic mass is 16.4. The van der Waals surface area contributed by atoms with Gasteiger partial charge in [-0.3, -0.25) is 0 Å². The highest BCUT2D eigenvalue weighted by Crippen LogP contribution is 2.31. The van der Waals surface area contributed by atoms with Gasteiger partial charge in [-0.15, -0.1) is 0 Å². The summed E-state index contributed by atoms with van der Waals surface area (Å²) in [6.07, 6.45) is -3.27. The van der Waals surface area contributed by atoms with E-state index < -0.39 is 23.5 Å². The fourth-order valence-corrected chi connectivity index (χ4v) is 3.11. The molecule has 2 aromatic rings. The lowest BCUT2D eigenvalue weighted by Gasteiger charge is -2.21. The third-order valence-electron chi connectivity index (χ3n) is 4.04. The molecule has 2 atom stereocenters. The van der Waals surface area contributed by atoms with Crippen LogP contribution in [0.15, 0.2) is 18.4 Å². The van der Waals surface area contributed by atoms with Crippen LogP contribution in [0.1, 0.15) is 36.2 Å². The molecule has 2 aliphatic carbocycles. The number of aliphatic hydroxyl groups excluding tert-OH is 4. The maximum absolute atomic E-state index is 12.1. The summed E-state index contributed by atoms with van der Waals surface area (Å²) in [6.45, 7) is 0. The first-order valence-corrected chi connectivity index (χ1v) is 6.54. The van der Waals surface area contributed by atoms with Crippen LogP contribution in [-0.4, -0.2) is 20.4 Å². The Labute approximate surface area is 120 Å². The monoisotopic (exact) mass is 306 g/mol. The minimum atomic E-state index is -1.33. The van der Waals surface area contributed by atoms with Gasteiger partial charge in [0.15, 0.2) is 10.8 Å². The van der Waals surface area contributed by atoms with Crippen molar-refractivity contribution in [1.29, 1.82) is 0 Å². The predicted molar refractivity (Wildman–Crippen MR) is 71.5 cm³/mol. The van der Waals surface area contributed by atoms with Crippen molar-refractivity contribution >= 4 is 22.3 Å². The van der Waals surface area contributed by atoms with Crippen molar-refractivity contribution in [2.24, 2.45) is 0 Å². The van der Waals surface area contributed by atoms with Gasteiger partial charge < -0.3 is 29.3 Å². The zero-order valence-corrected chi connectivity index (χ0v) is 11.0. The summed E-state index contributed by atoms with van der Waals surface area (Å²) in [5.41, 5.74) is -2.63. The average molecular weight is 306 g/mol. The van der Waals surface area contributed by atoms with Gasteiger partial charge in [0.05, 0.1) is 23.3 Å². The highest BCUT2D eigenvalue weighted by molar-refractivity contribution is 5.90. The Hall–Kier alpha value is -2.58. The summed E-state index contributed by atoms with van der Waals surface area (Å²) in [5.74, 6) is -0.778. The number of hydrogen-bond acceptors (Lipinski definition) is 8. The smallest absolute Gasteiger partial charge is 0.342 e. The SMILES string of the molecule is O=c1oc2c3c(c(=O)oc4c3c1C(O)CC=4O)C(O)CC=2O. The van der Waals surface area contributed by atoms with E-state index in [4.69, 9.17) is 8.83 Å². The highest BCUT2D eigenvalue weighted by Gasteiger charge is 2.34. The second kappa shape index (κ2) is 3.99. The van der Waals surface area contributed by atoms with Crippen molar-refractivity contribution in [2.45, 2.75) is 25.0 Å². The maximum Gasteiger partial charge on any atom is 0.342 e. The normalized spacial score (nSPS) is 23.2. The summed E-state index contributed by atoms with van der Waals surface area (Å²) in [7, 11) is 0. The van der Waals surface area contributed by atoms with E-state index in [1.165, 1.54) is 0 Å². The van der Waals surface area contributed by atoms with Crippen LogP contribution < -0.4 is 22.1 Å². The number of hydrogen-bond donors (Lipinski definition) is 4. The quantitative estimate of drug-likeness (QED) is 0.483. The molecule has 0 bridgehead atoms. The van der Waals surface area contributed by atoms with Gasteiger partial charge in [0.2, 0.25) is 0 Å². The van der Waals surface area contributed by atoms with Crippen LogP contribution in [0.25, 0.3) is 22.3 Å². The van der Waals surface area contributed by atoms with E-state index in [0.717, 1.165) is 0 Å². The molecule has 2 aliphatic rings. The van der Waals surface area contributed by atoms with Crippen LogP contribution in [-0.2, 0) is 0 Å². The van der Waals surface area contributed by atoms with Gasteiger partial charge in [-0.05, 0) is 0 Å². The Kier molecular flexibility index (Phi) is 2.38. The third-order valence-corrected chi connectivity index (χ3v) is 4.04. The molecule has 2 aromatic heterocycles. The molecule has 2 heterocycles. The van der Waals surface area contributed by atoms with E-state index in [0.29, 0.717) is 0 Å². The predicted octanol–water partition coefficient (Wildman–Crippen LogP) is -1.05. The standard InChI is InChI=1S/C14H10O8/c15-3-1-5(17)11-9-7(3)13(19)22-12-6(18)2-4(16)8(10(9)12)14(20)21-11/h3-4,15-18H,1-2H2. The van der Waals surface area contributed by atoms with E-state index >= 15 is 0 Å². The molecule has 0 aliphatic heterocycles. The van der Waals surface area contributed by atoms with E-state index in [1.807, 2.05) is 0 Å². The molecule has 0 radical (unpaired) electrons. The van der Waals surface area contributed by atoms with Gasteiger partial charge in [0.25, 0.3) is 0 Å². The Balaban J connectivity index is 2.49. The lowest BCUT2D eigenvalue weighted by Crippen LogP contribution is -2.35. The van der Waals surface area contributed by atoms with Crippen LogP contribution in [0, 0.1) is 0 Å². The fourth-order valence-electron chi connectivity index (χ4n) is 3.11. The fraction of sp³-hybridized carbons (Fsp3) is 0.286. The van der Waals surface area contributed by atoms with E-state index in [9.17, 15) is 30.0 Å². The molecule has 114 valence electrons.